The third-order valence-electron chi connectivity index (χ3n) is 4.34. The molecular formula is C18H16ClN3OS. The molecule has 1 amide bonds. The van der Waals surface area contributed by atoms with Crippen LogP contribution in [0.1, 0.15) is 18.4 Å². The van der Waals surface area contributed by atoms with E-state index in [2.05, 4.69) is 21.4 Å². The highest BCUT2D eigenvalue weighted by Gasteiger charge is 2.20. The van der Waals surface area contributed by atoms with Gasteiger partial charge in [0.2, 0.25) is 5.91 Å². The third-order valence-corrected chi connectivity index (χ3v) is 5.95. The number of carbonyl (C=O) groups excluding carboxylic acids is 1. The number of halogens is 1. The zero-order chi connectivity index (χ0) is 16.5. The first kappa shape index (κ1) is 15.5. The summed E-state index contributed by atoms with van der Waals surface area (Å²) in [4.78, 5) is 21.2. The molecule has 3 aromatic rings. The van der Waals surface area contributed by atoms with Crippen LogP contribution in [-0.4, -0.2) is 22.4 Å². The lowest BCUT2D eigenvalue weighted by Gasteiger charge is -2.07. The van der Waals surface area contributed by atoms with Crippen molar-refractivity contribution in [3.05, 3.63) is 47.2 Å². The lowest BCUT2D eigenvalue weighted by Crippen LogP contribution is -2.14. The van der Waals surface area contributed by atoms with Gasteiger partial charge in [0.25, 0.3) is 0 Å². The molecule has 1 aliphatic rings. The molecule has 4 nitrogen and oxygen atoms in total. The van der Waals surface area contributed by atoms with E-state index in [4.69, 9.17) is 11.6 Å². The van der Waals surface area contributed by atoms with Gasteiger partial charge in [-0.2, -0.15) is 0 Å². The van der Waals surface area contributed by atoms with Crippen molar-refractivity contribution in [2.45, 2.75) is 19.3 Å². The van der Waals surface area contributed by atoms with Gasteiger partial charge in [0.05, 0.1) is 25.8 Å². The van der Waals surface area contributed by atoms with E-state index in [1.165, 1.54) is 5.56 Å². The molecule has 0 saturated carbocycles. The van der Waals surface area contributed by atoms with Gasteiger partial charge in [-0.05, 0) is 42.5 Å². The number of rotatable bonds is 4. The van der Waals surface area contributed by atoms with Crippen molar-refractivity contribution in [2.75, 3.05) is 6.54 Å². The van der Waals surface area contributed by atoms with E-state index in [0.717, 1.165) is 45.2 Å². The van der Waals surface area contributed by atoms with Gasteiger partial charge < -0.3 is 5.32 Å². The van der Waals surface area contributed by atoms with E-state index < -0.39 is 0 Å². The zero-order valence-corrected chi connectivity index (χ0v) is 14.5. The number of thiophene rings is 1. The van der Waals surface area contributed by atoms with Crippen LogP contribution in [0.15, 0.2) is 36.7 Å². The third kappa shape index (κ3) is 3.14. The maximum Gasteiger partial charge on any atom is 0.220 e. The number of fused-ring (bicyclic) bond motifs is 1. The van der Waals surface area contributed by atoms with E-state index in [1.54, 1.807) is 17.5 Å². The average Bonchev–Trinajstić information content (AvgIpc) is 3.20. The van der Waals surface area contributed by atoms with Crippen molar-refractivity contribution in [1.29, 1.82) is 0 Å². The van der Waals surface area contributed by atoms with Gasteiger partial charge in [-0.3, -0.25) is 14.8 Å². The molecule has 1 aliphatic heterocycles. The minimum Gasteiger partial charge on any atom is -0.356 e. The predicted octanol–water partition coefficient (Wildman–Crippen LogP) is 4.08. The number of hydrogen-bond acceptors (Lipinski definition) is 4. The minimum atomic E-state index is 0.172. The molecule has 1 saturated heterocycles. The van der Waals surface area contributed by atoms with E-state index in [0.29, 0.717) is 12.3 Å². The Morgan fingerprint density at radius 3 is 2.92 bits per heavy atom. The monoisotopic (exact) mass is 357 g/mol. The summed E-state index contributed by atoms with van der Waals surface area (Å²) in [5.41, 5.74) is 3.05. The Kier molecular flexibility index (Phi) is 4.21. The van der Waals surface area contributed by atoms with Gasteiger partial charge in [-0.15, -0.1) is 11.3 Å². The number of aryl methyl sites for hydroxylation is 1. The van der Waals surface area contributed by atoms with Crippen LogP contribution in [0, 0.1) is 5.92 Å². The SMILES string of the molecule is O=C1CC(CCc2ccc(-c3cc4nccc(Cl)c4s3)nc2)CN1. The summed E-state index contributed by atoms with van der Waals surface area (Å²) >= 11 is 7.83. The van der Waals surface area contributed by atoms with Gasteiger partial charge in [0.15, 0.2) is 0 Å². The van der Waals surface area contributed by atoms with E-state index >= 15 is 0 Å². The van der Waals surface area contributed by atoms with Gasteiger partial charge in [0.1, 0.15) is 0 Å². The van der Waals surface area contributed by atoms with Gasteiger partial charge >= 0.3 is 0 Å². The number of carbonyl (C=O) groups is 1. The Morgan fingerprint density at radius 2 is 2.21 bits per heavy atom. The quantitative estimate of drug-likeness (QED) is 0.765. The Morgan fingerprint density at radius 1 is 1.29 bits per heavy atom. The molecular weight excluding hydrogens is 342 g/mol. The molecule has 1 fully saturated rings. The molecule has 0 aromatic carbocycles. The highest BCUT2D eigenvalue weighted by molar-refractivity contribution is 7.22. The van der Waals surface area contributed by atoms with Crippen LogP contribution in [0.3, 0.4) is 0 Å². The smallest absolute Gasteiger partial charge is 0.220 e. The van der Waals surface area contributed by atoms with E-state index in [1.807, 2.05) is 24.4 Å². The van der Waals surface area contributed by atoms with Gasteiger partial charge in [-0.1, -0.05) is 17.7 Å². The molecule has 0 bridgehead atoms. The number of aromatic nitrogens is 2. The fourth-order valence-electron chi connectivity index (χ4n) is 2.99. The average molecular weight is 358 g/mol. The summed E-state index contributed by atoms with van der Waals surface area (Å²) in [5.74, 6) is 0.624. The number of pyridine rings is 2. The number of nitrogens with zero attached hydrogens (tertiary/aromatic N) is 2. The molecule has 0 aliphatic carbocycles. The highest BCUT2D eigenvalue weighted by atomic mass is 35.5. The van der Waals surface area contributed by atoms with Crippen LogP contribution in [0.25, 0.3) is 20.8 Å². The van der Waals surface area contributed by atoms with Crippen LogP contribution in [0.5, 0.6) is 0 Å². The number of hydrogen-bond donors (Lipinski definition) is 1. The Hall–Kier alpha value is -1.98. The molecule has 4 rings (SSSR count). The molecule has 4 heterocycles. The van der Waals surface area contributed by atoms with Crippen molar-refractivity contribution in [3.8, 4) is 10.6 Å². The summed E-state index contributed by atoms with van der Waals surface area (Å²) in [5, 5.41) is 3.61. The first-order chi connectivity index (χ1) is 11.7. The van der Waals surface area contributed by atoms with Crippen molar-refractivity contribution < 1.29 is 4.79 Å². The predicted molar refractivity (Wildman–Crippen MR) is 97.3 cm³/mol. The molecule has 122 valence electrons. The maximum atomic E-state index is 11.2. The Labute approximate surface area is 148 Å². The minimum absolute atomic E-state index is 0.172. The second-order valence-corrected chi connectivity index (χ2v) is 7.54. The molecule has 6 heteroatoms. The topological polar surface area (TPSA) is 54.9 Å². The van der Waals surface area contributed by atoms with Crippen LogP contribution >= 0.6 is 22.9 Å². The summed E-state index contributed by atoms with van der Waals surface area (Å²) in [6, 6.07) is 8.00. The van der Waals surface area contributed by atoms with Crippen LogP contribution in [-0.2, 0) is 11.2 Å². The molecule has 1 atom stereocenters. The van der Waals surface area contributed by atoms with Gasteiger partial charge in [0, 0.05) is 25.4 Å². The van der Waals surface area contributed by atoms with E-state index in [-0.39, 0.29) is 5.91 Å². The summed E-state index contributed by atoms with van der Waals surface area (Å²) < 4.78 is 0.999. The van der Waals surface area contributed by atoms with Crippen LogP contribution < -0.4 is 5.32 Å². The highest BCUT2D eigenvalue weighted by Crippen LogP contribution is 2.35. The van der Waals surface area contributed by atoms with Crippen molar-refractivity contribution >= 4 is 39.1 Å². The molecule has 1 N–H and O–H groups in total. The number of amides is 1. The lowest BCUT2D eigenvalue weighted by atomic mass is 9.99. The first-order valence-corrected chi connectivity index (χ1v) is 9.14. The fraction of sp³-hybridized carbons (Fsp3) is 0.278. The summed E-state index contributed by atoms with van der Waals surface area (Å²) in [7, 11) is 0. The summed E-state index contributed by atoms with van der Waals surface area (Å²) in [6.07, 6.45) is 6.27. The van der Waals surface area contributed by atoms with Gasteiger partial charge in [-0.25, -0.2) is 0 Å². The van der Waals surface area contributed by atoms with Crippen molar-refractivity contribution in [3.63, 3.8) is 0 Å². The summed E-state index contributed by atoms with van der Waals surface area (Å²) in [6.45, 7) is 0.805. The van der Waals surface area contributed by atoms with E-state index in [9.17, 15) is 4.79 Å². The number of nitrogens with one attached hydrogen (secondary N) is 1. The lowest BCUT2D eigenvalue weighted by molar-refractivity contribution is -0.119. The second kappa shape index (κ2) is 6.49. The molecule has 3 aromatic heterocycles. The Balaban J connectivity index is 1.48. The van der Waals surface area contributed by atoms with Crippen molar-refractivity contribution in [2.24, 2.45) is 5.92 Å². The largest absolute Gasteiger partial charge is 0.356 e. The maximum absolute atomic E-state index is 11.2. The molecule has 0 spiro atoms. The fourth-order valence-corrected chi connectivity index (χ4v) is 4.26. The zero-order valence-electron chi connectivity index (χ0n) is 13.0. The first-order valence-electron chi connectivity index (χ1n) is 7.95. The normalized spacial score (nSPS) is 17.4. The standard InChI is InChI=1S/C18H16ClN3OS/c19-13-5-6-20-15-8-16(24-18(13)15)14-4-3-11(9-21-14)1-2-12-7-17(23)22-10-12/h3-6,8-9,12H,1-2,7,10H2,(H,22,23). The second-order valence-electron chi connectivity index (χ2n) is 6.08. The molecule has 0 radical (unpaired) electrons. The Bertz CT molecular complexity index is 891. The van der Waals surface area contributed by atoms with Crippen LogP contribution in [0.2, 0.25) is 5.02 Å². The molecule has 24 heavy (non-hydrogen) atoms. The van der Waals surface area contributed by atoms with Crippen molar-refractivity contribution in [1.82, 2.24) is 15.3 Å². The molecule has 1 unspecified atom stereocenters. The van der Waals surface area contributed by atoms with Crippen LogP contribution in [0.4, 0.5) is 0 Å².